The fourth-order valence-corrected chi connectivity index (χ4v) is 7.33. The van der Waals surface area contributed by atoms with Crippen molar-refractivity contribution in [1.29, 1.82) is 0 Å². The van der Waals surface area contributed by atoms with Gasteiger partial charge in [0.15, 0.2) is 11.4 Å². The number of hydrogen-bond acceptors (Lipinski definition) is 10. The Balaban J connectivity index is 1.65. The van der Waals surface area contributed by atoms with Crippen LogP contribution < -0.4 is 10.6 Å². The number of aliphatic hydroxyl groups is 3. The summed E-state index contributed by atoms with van der Waals surface area (Å²) in [5.74, 6) is -5.75. The van der Waals surface area contributed by atoms with Crippen molar-refractivity contribution in [2.24, 2.45) is 23.5 Å². The molecule has 41 heavy (non-hydrogen) atoms. The molecule has 5 rings (SSSR count). The third-order valence-electron chi connectivity index (χ3n) is 9.53. The lowest BCUT2D eigenvalue weighted by molar-refractivity contribution is -0.148. The number of nitrogens with two attached hydrogens (primary N) is 1. The fraction of sp³-hybridized carbons (Fsp3) is 0.567. The number of amides is 1. The highest BCUT2D eigenvalue weighted by Gasteiger charge is 2.63. The third-order valence-corrected chi connectivity index (χ3v) is 9.53. The summed E-state index contributed by atoms with van der Waals surface area (Å²) in [5.41, 5.74) is 3.85. The van der Waals surface area contributed by atoms with E-state index in [-0.39, 0.29) is 29.7 Å². The number of Topliss-reactive ketones (excluding diaryl/α,β-unsaturated/α-hetero) is 2. The van der Waals surface area contributed by atoms with Gasteiger partial charge >= 0.3 is 0 Å². The molecule has 1 aromatic carbocycles. The van der Waals surface area contributed by atoms with Gasteiger partial charge in [0.1, 0.15) is 22.8 Å². The molecule has 1 fully saturated rings. The first-order valence-electron chi connectivity index (χ1n) is 14.1. The minimum Gasteiger partial charge on any atom is -0.510 e. The number of allylic oxidation sites excluding steroid dienone is 1. The Bertz CT molecular complexity index is 1390. The number of rotatable bonds is 5. The summed E-state index contributed by atoms with van der Waals surface area (Å²) < 4.78 is 0. The number of primary amides is 1. The number of carbonyl (C=O) groups is 3. The number of aromatic hydroxyl groups is 1. The minimum absolute atomic E-state index is 0.0531. The van der Waals surface area contributed by atoms with Crippen molar-refractivity contribution in [2.75, 3.05) is 46.2 Å². The number of likely N-dealkylation sites (N-methyl/N-ethyl adjacent to an activating group) is 1. The molecule has 0 aromatic heterocycles. The number of anilines is 1. The van der Waals surface area contributed by atoms with E-state index < -0.39 is 58.0 Å². The van der Waals surface area contributed by atoms with Gasteiger partial charge in [-0.3, -0.25) is 24.2 Å². The number of hydrogen-bond donors (Lipinski definition) is 5. The molecule has 1 unspecified atom stereocenters. The number of fused-ring (bicyclic) bond motifs is 3. The average Bonchev–Trinajstić information content (AvgIpc) is 2.88. The summed E-state index contributed by atoms with van der Waals surface area (Å²) in [6, 6.07) is 0.893. The van der Waals surface area contributed by atoms with Gasteiger partial charge in [-0.25, -0.2) is 0 Å². The third kappa shape index (κ3) is 4.33. The van der Waals surface area contributed by atoms with Crippen LogP contribution in [-0.4, -0.2) is 101 Å². The van der Waals surface area contributed by atoms with Crippen LogP contribution in [0.5, 0.6) is 5.75 Å². The number of nitrogens with zero attached hydrogens (tertiary/aromatic N) is 3. The summed E-state index contributed by atoms with van der Waals surface area (Å²) in [6.45, 7) is 4.43. The highest BCUT2D eigenvalue weighted by molar-refractivity contribution is 6.24. The molecular formula is C30H40N4O7. The predicted molar refractivity (Wildman–Crippen MR) is 152 cm³/mol. The Morgan fingerprint density at radius 2 is 1.76 bits per heavy atom. The predicted octanol–water partition coefficient (Wildman–Crippen LogP) is 1.42. The van der Waals surface area contributed by atoms with Crippen LogP contribution in [0.25, 0.3) is 0 Å². The van der Waals surface area contributed by atoms with Crippen LogP contribution in [-0.2, 0) is 22.6 Å². The molecule has 1 amide bonds. The normalized spacial score (nSPS) is 29.0. The summed E-state index contributed by atoms with van der Waals surface area (Å²) in [5, 5.41) is 45.8. The molecule has 1 saturated heterocycles. The van der Waals surface area contributed by atoms with Crippen LogP contribution in [0, 0.1) is 17.8 Å². The number of piperidine rings is 1. The lowest BCUT2D eigenvalue weighted by atomic mass is 9.58. The van der Waals surface area contributed by atoms with Gasteiger partial charge in [0.05, 0.1) is 11.6 Å². The molecule has 0 bridgehead atoms. The Morgan fingerprint density at radius 3 is 2.32 bits per heavy atom. The maximum Gasteiger partial charge on any atom is 0.255 e. The number of phenolic OH excluding ortho intramolecular Hbond substituents is 1. The Kier molecular flexibility index (Phi) is 7.20. The van der Waals surface area contributed by atoms with Gasteiger partial charge in [-0.1, -0.05) is 6.92 Å². The Hall–Kier alpha value is -3.41. The zero-order valence-corrected chi connectivity index (χ0v) is 24.3. The topological polar surface area (TPSA) is 168 Å². The quantitative estimate of drug-likeness (QED) is 0.328. The molecule has 222 valence electrons. The molecule has 1 aliphatic heterocycles. The van der Waals surface area contributed by atoms with Gasteiger partial charge in [-0.2, -0.15) is 0 Å². The number of ketones is 2. The number of likely N-dealkylation sites (tertiary alicyclic amines) is 1. The van der Waals surface area contributed by atoms with Crippen molar-refractivity contribution in [3.05, 3.63) is 45.4 Å². The van der Waals surface area contributed by atoms with Crippen molar-refractivity contribution in [2.45, 2.75) is 50.8 Å². The van der Waals surface area contributed by atoms with Gasteiger partial charge in [-0.05, 0) is 76.3 Å². The zero-order chi connectivity index (χ0) is 30.1. The summed E-state index contributed by atoms with van der Waals surface area (Å²) in [7, 11) is 6.95. The summed E-state index contributed by atoms with van der Waals surface area (Å²) in [6.07, 6.45) is 2.42. The number of carbonyl (C=O) groups excluding carboxylic acids is 3. The van der Waals surface area contributed by atoms with E-state index in [0.717, 1.165) is 31.6 Å². The van der Waals surface area contributed by atoms with E-state index in [4.69, 9.17) is 5.73 Å². The standard InChI is InChI=1S/C30H40N4O7/c1-14-6-8-34(9-7-14)13-16-12-19(32(2)3)17-10-15-11-18-23(33(4)5)26(37)22(29(31)40)28(39)30(18,41)27(38)20(15)25(36)21(17)24(16)35/h12,14-15,18,23,35,37-38,41H,6-11,13H2,1-5H3,(H2,31,40)/t15-,18-,23?,30-/m0/s1. The van der Waals surface area contributed by atoms with Crippen LogP contribution >= 0.6 is 0 Å². The second-order valence-corrected chi connectivity index (χ2v) is 12.6. The van der Waals surface area contributed by atoms with E-state index in [1.54, 1.807) is 19.0 Å². The average molecular weight is 569 g/mol. The largest absolute Gasteiger partial charge is 0.510 e. The molecule has 0 saturated carbocycles. The van der Waals surface area contributed by atoms with Crippen LogP contribution in [0.15, 0.2) is 28.7 Å². The first-order chi connectivity index (χ1) is 19.2. The molecular weight excluding hydrogens is 528 g/mol. The van der Waals surface area contributed by atoms with Crippen molar-refractivity contribution in [3.8, 4) is 5.75 Å². The SMILES string of the molecule is CC1CCN(Cc2cc(N(C)C)c3c(c2O)C(=O)C2=C(O)[C@]4(O)C(=O)C(C(N)=O)=C(O)C(N(C)C)[C@@H]4C[C@@H]2C3)CC1. The summed E-state index contributed by atoms with van der Waals surface area (Å²) in [4.78, 5) is 45.5. The minimum atomic E-state index is -2.65. The maximum atomic E-state index is 14.2. The van der Waals surface area contributed by atoms with Crippen LogP contribution in [0.2, 0.25) is 0 Å². The molecule has 1 aromatic rings. The molecule has 6 N–H and O–H groups in total. The smallest absolute Gasteiger partial charge is 0.255 e. The Morgan fingerprint density at radius 1 is 1.12 bits per heavy atom. The first kappa shape index (κ1) is 29.1. The van der Waals surface area contributed by atoms with Crippen molar-refractivity contribution >= 4 is 23.2 Å². The molecule has 4 atom stereocenters. The highest BCUT2D eigenvalue weighted by Crippen LogP contribution is 2.53. The fourth-order valence-electron chi connectivity index (χ4n) is 7.33. The van der Waals surface area contributed by atoms with Crippen LogP contribution in [0.1, 0.15) is 47.7 Å². The lowest BCUT2D eigenvalue weighted by Gasteiger charge is -2.50. The molecule has 11 nitrogen and oxygen atoms in total. The molecule has 4 aliphatic rings. The van der Waals surface area contributed by atoms with Crippen molar-refractivity contribution in [1.82, 2.24) is 9.80 Å². The maximum absolute atomic E-state index is 14.2. The first-order valence-corrected chi connectivity index (χ1v) is 14.1. The van der Waals surface area contributed by atoms with E-state index >= 15 is 0 Å². The van der Waals surface area contributed by atoms with Crippen molar-refractivity contribution < 1.29 is 34.8 Å². The summed E-state index contributed by atoms with van der Waals surface area (Å²) >= 11 is 0. The van der Waals surface area contributed by atoms with Gasteiger partial charge in [0.25, 0.3) is 5.91 Å². The second-order valence-electron chi connectivity index (χ2n) is 12.6. The van der Waals surface area contributed by atoms with E-state index in [2.05, 4.69) is 11.8 Å². The zero-order valence-electron chi connectivity index (χ0n) is 24.3. The van der Waals surface area contributed by atoms with E-state index in [1.165, 1.54) is 0 Å². The number of phenols is 1. The van der Waals surface area contributed by atoms with E-state index in [0.29, 0.717) is 23.6 Å². The molecule has 0 spiro atoms. The monoisotopic (exact) mass is 568 g/mol. The molecule has 0 radical (unpaired) electrons. The van der Waals surface area contributed by atoms with Crippen LogP contribution in [0.4, 0.5) is 5.69 Å². The van der Waals surface area contributed by atoms with E-state index in [9.17, 15) is 34.8 Å². The second kappa shape index (κ2) is 10.1. The lowest BCUT2D eigenvalue weighted by Crippen LogP contribution is -2.63. The highest BCUT2D eigenvalue weighted by atomic mass is 16.3. The van der Waals surface area contributed by atoms with Gasteiger partial charge in [0.2, 0.25) is 5.78 Å². The van der Waals surface area contributed by atoms with Gasteiger partial charge in [-0.15, -0.1) is 0 Å². The Labute approximate surface area is 239 Å². The van der Waals surface area contributed by atoms with Crippen molar-refractivity contribution in [3.63, 3.8) is 0 Å². The number of benzene rings is 1. The molecule has 1 heterocycles. The van der Waals surface area contributed by atoms with Crippen LogP contribution in [0.3, 0.4) is 0 Å². The molecule has 3 aliphatic carbocycles. The van der Waals surface area contributed by atoms with E-state index in [1.807, 2.05) is 25.1 Å². The molecule has 11 heteroatoms. The van der Waals surface area contributed by atoms with Gasteiger partial charge < -0.3 is 31.1 Å². The number of aliphatic hydroxyl groups excluding tert-OH is 2. The van der Waals surface area contributed by atoms with Gasteiger partial charge in [0, 0.05) is 43.4 Å².